The van der Waals surface area contributed by atoms with Gasteiger partial charge in [0.1, 0.15) is 5.56 Å². The molecule has 27 heavy (non-hydrogen) atoms. The fourth-order valence-electron chi connectivity index (χ4n) is 2.73. The molecule has 0 amide bonds. The number of aromatic amines is 1. The number of fused-ring (bicyclic) bond motifs is 1. The smallest absolute Gasteiger partial charge is 0.341 e. The minimum atomic E-state index is -1.67. The second kappa shape index (κ2) is 6.75. The van der Waals surface area contributed by atoms with E-state index in [9.17, 15) is 27.2 Å². The van der Waals surface area contributed by atoms with Gasteiger partial charge in [-0.2, -0.15) is 8.78 Å². The molecule has 0 aliphatic heterocycles. The number of hydrogen-bond donors (Lipinski definition) is 2. The Morgan fingerprint density at radius 1 is 1.11 bits per heavy atom. The van der Waals surface area contributed by atoms with Crippen LogP contribution >= 0.6 is 0 Å². The first-order chi connectivity index (χ1) is 12.8. The van der Waals surface area contributed by atoms with E-state index >= 15 is 0 Å². The van der Waals surface area contributed by atoms with Crippen molar-refractivity contribution in [2.24, 2.45) is 0 Å². The first-order valence-electron chi connectivity index (χ1n) is 7.52. The number of pyridine rings is 1. The van der Waals surface area contributed by atoms with Crippen molar-refractivity contribution in [3.63, 3.8) is 0 Å². The number of nitrogens with one attached hydrogen (secondary N) is 1. The Labute approximate surface area is 148 Å². The highest BCUT2D eigenvalue weighted by Gasteiger charge is 2.26. The van der Waals surface area contributed by atoms with Crippen LogP contribution in [-0.4, -0.2) is 23.2 Å². The number of methoxy groups -OCH3 is 1. The molecule has 0 atom stereocenters. The van der Waals surface area contributed by atoms with E-state index in [1.165, 1.54) is 18.2 Å². The number of ether oxygens (including phenoxy) is 1. The number of hydrogen-bond acceptors (Lipinski definition) is 3. The van der Waals surface area contributed by atoms with E-state index in [-0.39, 0.29) is 10.9 Å². The maximum absolute atomic E-state index is 14.1. The SMILES string of the molecule is COc1c(F)c(F)c(Cc2ccc3[nH]cc(C(=O)O)c(=O)c3c2)c(F)c1F. The van der Waals surface area contributed by atoms with Gasteiger partial charge in [0.15, 0.2) is 17.4 Å². The Morgan fingerprint density at radius 2 is 1.74 bits per heavy atom. The molecule has 9 heteroatoms. The third-order valence-electron chi connectivity index (χ3n) is 4.07. The molecule has 0 spiro atoms. The molecule has 0 saturated carbocycles. The van der Waals surface area contributed by atoms with Crippen LogP contribution in [0.4, 0.5) is 17.6 Å². The molecule has 2 aromatic carbocycles. The topological polar surface area (TPSA) is 79.4 Å². The quantitative estimate of drug-likeness (QED) is 0.536. The molecule has 0 aliphatic rings. The third-order valence-corrected chi connectivity index (χ3v) is 4.07. The van der Waals surface area contributed by atoms with E-state index in [4.69, 9.17) is 5.11 Å². The number of rotatable bonds is 4. The van der Waals surface area contributed by atoms with Crippen LogP contribution in [0.1, 0.15) is 21.5 Å². The number of aromatic nitrogens is 1. The van der Waals surface area contributed by atoms with Crippen LogP contribution in [0.25, 0.3) is 10.9 Å². The minimum absolute atomic E-state index is 0.0392. The van der Waals surface area contributed by atoms with E-state index in [1.54, 1.807) is 0 Å². The van der Waals surface area contributed by atoms with E-state index in [0.29, 0.717) is 5.52 Å². The highest BCUT2D eigenvalue weighted by atomic mass is 19.2. The van der Waals surface area contributed by atoms with Gasteiger partial charge in [-0.25, -0.2) is 13.6 Å². The summed E-state index contributed by atoms with van der Waals surface area (Å²) >= 11 is 0. The predicted octanol–water partition coefficient (Wildman–Crippen LogP) is 3.38. The molecule has 3 rings (SSSR count). The summed E-state index contributed by atoms with van der Waals surface area (Å²) in [5.41, 5.74) is -1.75. The van der Waals surface area contributed by atoms with Gasteiger partial charge in [-0.05, 0) is 17.7 Å². The van der Waals surface area contributed by atoms with Gasteiger partial charge in [0.2, 0.25) is 17.1 Å². The van der Waals surface area contributed by atoms with E-state index in [0.717, 1.165) is 13.3 Å². The Morgan fingerprint density at radius 3 is 2.30 bits per heavy atom. The van der Waals surface area contributed by atoms with Gasteiger partial charge in [-0.1, -0.05) is 6.07 Å². The lowest BCUT2D eigenvalue weighted by molar-refractivity contribution is 0.0695. The van der Waals surface area contributed by atoms with Crippen LogP contribution < -0.4 is 10.2 Å². The monoisotopic (exact) mass is 381 g/mol. The molecule has 1 aromatic heterocycles. The van der Waals surface area contributed by atoms with Crippen LogP contribution in [0.2, 0.25) is 0 Å². The third kappa shape index (κ3) is 3.01. The second-order valence-corrected chi connectivity index (χ2v) is 5.66. The van der Waals surface area contributed by atoms with E-state index < -0.39 is 58.0 Å². The molecule has 1 heterocycles. The van der Waals surface area contributed by atoms with Gasteiger partial charge in [-0.15, -0.1) is 0 Å². The molecule has 5 nitrogen and oxygen atoms in total. The number of carboxylic acids is 1. The largest absolute Gasteiger partial charge is 0.491 e. The molecule has 0 radical (unpaired) electrons. The minimum Gasteiger partial charge on any atom is -0.491 e. The Balaban J connectivity index is 2.14. The molecule has 0 fully saturated rings. The van der Waals surface area contributed by atoms with Crippen LogP contribution in [-0.2, 0) is 6.42 Å². The number of carboxylic acid groups (broad SMARTS) is 1. The zero-order valence-electron chi connectivity index (χ0n) is 13.7. The number of benzene rings is 2. The maximum Gasteiger partial charge on any atom is 0.341 e. The van der Waals surface area contributed by atoms with E-state index in [2.05, 4.69) is 9.72 Å². The van der Waals surface area contributed by atoms with Crippen molar-refractivity contribution in [3.05, 3.63) is 74.6 Å². The molecule has 2 N–H and O–H groups in total. The van der Waals surface area contributed by atoms with Gasteiger partial charge in [-0.3, -0.25) is 4.79 Å². The Bertz CT molecular complexity index is 1110. The summed E-state index contributed by atoms with van der Waals surface area (Å²) in [4.78, 5) is 25.9. The molecule has 0 aliphatic carbocycles. The first-order valence-corrected chi connectivity index (χ1v) is 7.52. The lowest BCUT2D eigenvalue weighted by Crippen LogP contribution is -2.15. The molecule has 0 bridgehead atoms. The number of H-pyrrole nitrogens is 1. The van der Waals surface area contributed by atoms with Crippen molar-refractivity contribution >= 4 is 16.9 Å². The van der Waals surface area contributed by atoms with Crippen molar-refractivity contribution in [1.29, 1.82) is 0 Å². The molecule has 0 saturated heterocycles. The van der Waals surface area contributed by atoms with Gasteiger partial charge in [0.25, 0.3) is 0 Å². The van der Waals surface area contributed by atoms with Crippen molar-refractivity contribution in [3.8, 4) is 5.75 Å². The summed E-state index contributed by atoms with van der Waals surface area (Å²) in [5, 5.41) is 8.96. The van der Waals surface area contributed by atoms with Gasteiger partial charge >= 0.3 is 5.97 Å². The molecular weight excluding hydrogens is 370 g/mol. The van der Waals surface area contributed by atoms with Crippen molar-refractivity contribution in [1.82, 2.24) is 4.98 Å². The molecule has 140 valence electrons. The molecule has 0 unspecified atom stereocenters. The Hall–Kier alpha value is -3.36. The average molecular weight is 381 g/mol. The lowest BCUT2D eigenvalue weighted by Gasteiger charge is -2.11. The number of carbonyl (C=O) groups is 1. The lowest BCUT2D eigenvalue weighted by atomic mass is 10.0. The summed E-state index contributed by atoms with van der Waals surface area (Å²) in [5.74, 6) is -9.18. The van der Waals surface area contributed by atoms with Crippen molar-refractivity contribution in [2.45, 2.75) is 6.42 Å². The summed E-state index contributed by atoms with van der Waals surface area (Å²) < 4.78 is 60.3. The van der Waals surface area contributed by atoms with Crippen LogP contribution in [0, 0.1) is 23.3 Å². The zero-order chi connectivity index (χ0) is 19.9. The highest BCUT2D eigenvalue weighted by Crippen LogP contribution is 2.31. The first kappa shape index (κ1) is 18.4. The van der Waals surface area contributed by atoms with Gasteiger partial charge in [0, 0.05) is 29.1 Å². The standard InChI is InChI=1S/C18H11F4NO4/c1-27-17-14(21)12(19)9(13(20)15(17)22)5-7-2-3-11-8(4-7)16(24)10(6-23-11)18(25)26/h2-4,6H,5H2,1H3,(H,23,24)(H,25,26). The molecular formula is C18H11F4NO4. The highest BCUT2D eigenvalue weighted by molar-refractivity contribution is 5.92. The number of halogens is 4. The second-order valence-electron chi connectivity index (χ2n) is 5.66. The van der Waals surface area contributed by atoms with Crippen molar-refractivity contribution < 1.29 is 32.2 Å². The van der Waals surface area contributed by atoms with E-state index in [1.807, 2.05) is 0 Å². The number of aromatic carboxylic acids is 1. The van der Waals surface area contributed by atoms with Crippen LogP contribution in [0.15, 0.2) is 29.2 Å². The van der Waals surface area contributed by atoms with Crippen LogP contribution in [0.5, 0.6) is 5.75 Å². The average Bonchev–Trinajstić information content (AvgIpc) is 2.64. The maximum atomic E-state index is 14.1. The van der Waals surface area contributed by atoms with Crippen molar-refractivity contribution in [2.75, 3.05) is 7.11 Å². The van der Waals surface area contributed by atoms with Crippen LogP contribution in [0.3, 0.4) is 0 Å². The predicted molar refractivity (Wildman–Crippen MR) is 87.2 cm³/mol. The van der Waals surface area contributed by atoms with Gasteiger partial charge < -0.3 is 14.8 Å². The summed E-state index contributed by atoms with van der Waals surface area (Å²) in [6.07, 6.45) is 0.461. The Kier molecular flexibility index (Phi) is 4.61. The zero-order valence-corrected chi connectivity index (χ0v) is 13.7. The molecule has 3 aromatic rings. The fraction of sp³-hybridized carbons (Fsp3) is 0.111. The summed E-state index contributed by atoms with van der Waals surface area (Å²) in [6, 6.07) is 3.99. The van der Waals surface area contributed by atoms with Gasteiger partial charge in [0.05, 0.1) is 7.11 Å². The summed E-state index contributed by atoms with van der Waals surface area (Å²) in [7, 11) is 0.871. The normalized spacial score (nSPS) is 11.0. The fourth-order valence-corrected chi connectivity index (χ4v) is 2.73. The summed E-state index contributed by atoms with van der Waals surface area (Å²) in [6.45, 7) is 0.